The van der Waals surface area contributed by atoms with Gasteiger partial charge in [-0.1, -0.05) is 23.7 Å². The minimum absolute atomic E-state index is 0.0497. The van der Waals surface area contributed by atoms with E-state index in [0.717, 1.165) is 5.56 Å². The summed E-state index contributed by atoms with van der Waals surface area (Å²) in [5.41, 5.74) is 0.967. The fourth-order valence-corrected chi connectivity index (χ4v) is 2.50. The van der Waals surface area contributed by atoms with Crippen LogP contribution >= 0.6 is 11.6 Å². The molecule has 1 heterocycles. The molecule has 1 aliphatic heterocycles. The standard InChI is InChI=1S/C14H19ClN2O3/c1-16(6-10-3-2-4-11(15)5-10)14(20)9-17-7-12(18)13(19)8-17/h2-5,12-13,18-19H,6-9H2,1H3. The summed E-state index contributed by atoms with van der Waals surface area (Å²) in [6, 6.07) is 7.39. The summed E-state index contributed by atoms with van der Waals surface area (Å²) in [6.45, 7) is 1.35. The van der Waals surface area contributed by atoms with Crippen molar-refractivity contribution in [2.45, 2.75) is 18.8 Å². The van der Waals surface area contributed by atoms with Crippen LogP contribution in [0.3, 0.4) is 0 Å². The van der Waals surface area contributed by atoms with Crippen molar-refractivity contribution in [3.8, 4) is 0 Å². The molecule has 0 bridgehead atoms. The largest absolute Gasteiger partial charge is 0.389 e. The number of hydrogen-bond acceptors (Lipinski definition) is 4. The SMILES string of the molecule is CN(Cc1cccc(Cl)c1)C(=O)CN1CC(O)C(O)C1. The van der Waals surface area contributed by atoms with Crippen LogP contribution in [0.5, 0.6) is 0 Å². The molecule has 2 rings (SSSR count). The van der Waals surface area contributed by atoms with Gasteiger partial charge in [-0.2, -0.15) is 0 Å². The average Bonchev–Trinajstić information content (AvgIpc) is 2.68. The summed E-state index contributed by atoms with van der Waals surface area (Å²) < 4.78 is 0. The van der Waals surface area contributed by atoms with Gasteiger partial charge in [-0.15, -0.1) is 0 Å². The third-order valence-electron chi connectivity index (χ3n) is 3.43. The number of likely N-dealkylation sites (tertiary alicyclic amines) is 1. The number of β-amino-alcohol motifs (C(OH)–C–C–N with tert-alkyl or cyclic N) is 2. The molecule has 0 aromatic heterocycles. The van der Waals surface area contributed by atoms with E-state index >= 15 is 0 Å². The van der Waals surface area contributed by atoms with E-state index < -0.39 is 12.2 Å². The van der Waals surface area contributed by atoms with Gasteiger partial charge in [0.2, 0.25) is 5.91 Å². The van der Waals surface area contributed by atoms with Crippen LogP contribution < -0.4 is 0 Å². The van der Waals surface area contributed by atoms with Crippen molar-refractivity contribution in [1.82, 2.24) is 9.80 Å². The number of carbonyl (C=O) groups excluding carboxylic acids is 1. The van der Waals surface area contributed by atoms with Gasteiger partial charge in [0.15, 0.2) is 0 Å². The van der Waals surface area contributed by atoms with Crippen molar-refractivity contribution in [2.75, 3.05) is 26.7 Å². The van der Waals surface area contributed by atoms with Crippen LogP contribution in [0, 0.1) is 0 Å². The van der Waals surface area contributed by atoms with Crippen LogP contribution in [0.2, 0.25) is 5.02 Å². The fraction of sp³-hybridized carbons (Fsp3) is 0.500. The van der Waals surface area contributed by atoms with Crippen LogP contribution in [0.4, 0.5) is 0 Å². The third-order valence-corrected chi connectivity index (χ3v) is 3.66. The highest BCUT2D eigenvalue weighted by molar-refractivity contribution is 6.30. The number of aliphatic hydroxyl groups is 2. The van der Waals surface area contributed by atoms with Gasteiger partial charge in [-0.3, -0.25) is 9.69 Å². The van der Waals surface area contributed by atoms with Crippen LogP contribution in [0.25, 0.3) is 0 Å². The van der Waals surface area contributed by atoms with Crippen molar-refractivity contribution in [3.63, 3.8) is 0 Å². The first-order valence-electron chi connectivity index (χ1n) is 6.52. The first-order chi connectivity index (χ1) is 9.45. The second-order valence-corrected chi connectivity index (χ2v) is 5.64. The van der Waals surface area contributed by atoms with Crippen LogP contribution in [-0.4, -0.2) is 64.8 Å². The molecule has 0 spiro atoms. The van der Waals surface area contributed by atoms with Crippen LogP contribution in [0.15, 0.2) is 24.3 Å². The Morgan fingerprint density at radius 3 is 2.65 bits per heavy atom. The number of carbonyl (C=O) groups is 1. The molecule has 0 aliphatic carbocycles. The molecule has 1 saturated heterocycles. The van der Waals surface area contributed by atoms with Crippen molar-refractivity contribution in [1.29, 1.82) is 0 Å². The van der Waals surface area contributed by atoms with E-state index in [2.05, 4.69) is 0 Å². The zero-order chi connectivity index (χ0) is 14.7. The number of rotatable bonds is 4. The number of halogens is 1. The van der Waals surface area contributed by atoms with Gasteiger partial charge >= 0.3 is 0 Å². The number of hydrogen-bond donors (Lipinski definition) is 2. The summed E-state index contributed by atoms with van der Waals surface area (Å²) in [4.78, 5) is 15.5. The second kappa shape index (κ2) is 6.54. The highest BCUT2D eigenvalue weighted by Gasteiger charge is 2.30. The summed E-state index contributed by atoms with van der Waals surface area (Å²) in [7, 11) is 1.73. The lowest BCUT2D eigenvalue weighted by Gasteiger charge is -2.21. The number of amides is 1. The Kier molecular flexibility index (Phi) is 4.99. The summed E-state index contributed by atoms with van der Waals surface area (Å²) in [5.74, 6) is -0.0497. The van der Waals surface area contributed by atoms with Gasteiger partial charge in [-0.05, 0) is 17.7 Å². The molecule has 2 atom stereocenters. The molecule has 1 aromatic rings. The molecule has 0 radical (unpaired) electrons. The van der Waals surface area contributed by atoms with Crippen molar-refractivity contribution in [2.24, 2.45) is 0 Å². The zero-order valence-corrected chi connectivity index (χ0v) is 12.1. The molecule has 0 saturated carbocycles. The highest BCUT2D eigenvalue weighted by atomic mass is 35.5. The molecule has 5 nitrogen and oxygen atoms in total. The summed E-state index contributed by atoms with van der Waals surface area (Å²) >= 11 is 5.91. The maximum absolute atomic E-state index is 12.1. The molecule has 20 heavy (non-hydrogen) atoms. The Bertz CT molecular complexity index is 473. The smallest absolute Gasteiger partial charge is 0.236 e. The van der Waals surface area contributed by atoms with E-state index in [9.17, 15) is 15.0 Å². The lowest BCUT2D eigenvalue weighted by Crippen LogP contribution is -2.37. The van der Waals surface area contributed by atoms with Crippen molar-refractivity contribution < 1.29 is 15.0 Å². The molecular weight excluding hydrogens is 280 g/mol. The van der Waals surface area contributed by atoms with Gasteiger partial charge < -0.3 is 15.1 Å². The van der Waals surface area contributed by atoms with E-state index in [1.807, 2.05) is 18.2 Å². The molecule has 1 aliphatic rings. The Morgan fingerprint density at radius 2 is 2.05 bits per heavy atom. The van der Waals surface area contributed by atoms with Gasteiger partial charge in [0.1, 0.15) is 0 Å². The fourth-order valence-electron chi connectivity index (χ4n) is 2.29. The predicted molar refractivity (Wildman–Crippen MR) is 76.4 cm³/mol. The average molecular weight is 299 g/mol. The first kappa shape index (κ1) is 15.3. The summed E-state index contributed by atoms with van der Waals surface area (Å²) in [6.07, 6.45) is -1.53. The lowest BCUT2D eigenvalue weighted by atomic mass is 10.2. The van der Waals surface area contributed by atoms with Crippen LogP contribution in [0.1, 0.15) is 5.56 Å². The van der Waals surface area contributed by atoms with E-state index in [4.69, 9.17) is 11.6 Å². The Morgan fingerprint density at radius 1 is 1.40 bits per heavy atom. The van der Waals surface area contributed by atoms with Crippen molar-refractivity contribution >= 4 is 17.5 Å². The Hall–Kier alpha value is -1.14. The van der Waals surface area contributed by atoms with Gasteiger partial charge in [0.25, 0.3) is 0 Å². The molecule has 6 heteroatoms. The molecule has 1 fully saturated rings. The molecule has 1 aromatic carbocycles. The van der Waals surface area contributed by atoms with Gasteiger partial charge in [0, 0.05) is 31.7 Å². The lowest BCUT2D eigenvalue weighted by molar-refractivity contribution is -0.131. The minimum atomic E-state index is -0.763. The molecule has 2 N–H and O–H groups in total. The van der Waals surface area contributed by atoms with E-state index in [1.165, 1.54) is 0 Å². The maximum Gasteiger partial charge on any atom is 0.236 e. The van der Waals surface area contributed by atoms with E-state index in [-0.39, 0.29) is 12.5 Å². The maximum atomic E-state index is 12.1. The number of nitrogens with zero attached hydrogens (tertiary/aromatic N) is 2. The highest BCUT2D eigenvalue weighted by Crippen LogP contribution is 2.13. The first-order valence-corrected chi connectivity index (χ1v) is 6.90. The van der Waals surface area contributed by atoms with Gasteiger partial charge in [0.05, 0.1) is 18.8 Å². The van der Waals surface area contributed by atoms with Crippen molar-refractivity contribution in [3.05, 3.63) is 34.9 Å². The molecule has 110 valence electrons. The van der Waals surface area contributed by atoms with E-state index in [1.54, 1.807) is 22.9 Å². The minimum Gasteiger partial charge on any atom is -0.389 e. The van der Waals surface area contributed by atoms with Crippen LogP contribution in [-0.2, 0) is 11.3 Å². The number of benzene rings is 1. The van der Waals surface area contributed by atoms with Gasteiger partial charge in [-0.25, -0.2) is 0 Å². The normalized spacial score (nSPS) is 23.0. The quantitative estimate of drug-likeness (QED) is 0.841. The molecule has 2 unspecified atom stereocenters. The zero-order valence-electron chi connectivity index (χ0n) is 11.4. The third kappa shape index (κ3) is 3.93. The second-order valence-electron chi connectivity index (χ2n) is 5.21. The number of likely N-dealkylation sites (N-methyl/N-ethyl adjacent to an activating group) is 1. The predicted octanol–water partition coefficient (Wildman–Crippen LogP) is 0.336. The Labute approximate surface area is 123 Å². The Balaban J connectivity index is 1.86. The molecule has 1 amide bonds. The monoisotopic (exact) mass is 298 g/mol. The molecular formula is C14H19ClN2O3. The number of aliphatic hydroxyl groups excluding tert-OH is 2. The van der Waals surface area contributed by atoms with E-state index in [0.29, 0.717) is 24.7 Å². The topological polar surface area (TPSA) is 64.0 Å². The summed E-state index contributed by atoms with van der Waals surface area (Å²) in [5, 5.41) is 19.6.